The quantitative estimate of drug-likeness (QED) is 0.162. The molecule has 2 unspecified atom stereocenters. The fraction of sp³-hybridized carbons (Fsp3) is 0.400. The van der Waals surface area contributed by atoms with Gasteiger partial charge in [0.25, 0.3) is 5.69 Å². The number of carboxylic acids is 2. The Morgan fingerprint density at radius 1 is 1.24 bits per heavy atom. The van der Waals surface area contributed by atoms with E-state index in [1.54, 1.807) is 12.1 Å². The monoisotopic (exact) mass is 496 g/mol. The van der Waals surface area contributed by atoms with Crippen molar-refractivity contribution in [2.45, 2.75) is 36.3 Å². The van der Waals surface area contributed by atoms with E-state index in [0.717, 1.165) is 11.8 Å². The number of hydrogen-bond acceptors (Lipinski definition) is 9. The molecule has 34 heavy (non-hydrogen) atoms. The van der Waals surface area contributed by atoms with Crippen molar-refractivity contribution in [1.82, 2.24) is 10.6 Å². The minimum absolute atomic E-state index is 0.0709. The Morgan fingerprint density at radius 3 is 2.56 bits per heavy atom. The number of carbonyl (C=O) groups is 4. The van der Waals surface area contributed by atoms with Crippen LogP contribution in [0.25, 0.3) is 6.08 Å². The van der Waals surface area contributed by atoms with Gasteiger partial charge in [0.15, 0.2) is 0 Å². The van der Waals surface area contributed by atoms with E-state index >= 15 is 0 Å². The molecule has 0 saturated heterocycles. The largest absolute Gasteiger partial charge is 0.480 e. The first-order valence-electron chi connectivity index (χ1n) is 10.0. The average molecular weight is 496 g/mol. The lowest BCUT2D eigenvalue weighted by molar-refractivity contribution is -0.385. The second-order valence-electron chi connectivity index (χ2n) is 7.35. The van der Waals surface area contributed by atoms with Crippen LogP contribution in [0.4, 0.5) is 5.69 Å². The molecule has 7 N–H and O–H groups in total. The molecule has 13 nitrogen and oxygen atoms in total. The molecule has 1 aromatic rings. The van der Waals surface area contributed by atoms with Gasteiger partial charge in [0, 0.05) is 18.2 Å². The number of hydrogen-bond donors (Lipinski definition) is 6. The molecule has 0 heterocycles. The van der Waals surface area contributed by atoms with Crippen LogP contribution >= 0.6 is 11.8 Å². The average Bonchev–Trinajstić information content (AvgIpc) is 2.79. The van der Waals surface area contributed by atoms with Gasteiger partial charge in [0.1, 0.15) is 18.6 Å². The number of carboxylic acid groups (broad SMARTS) is 2. The zero-order chi connectivity index (χ0) is 25.4. The Morgan fingerprint density at radius 2 is 1.94 bits per heavy atom. The van der Waals surface area contributed by atoms with Crippen LogP contribution in [0, 0.1) is 10.1 Å². The molecule has 2 rings (SSSR count). The summed E-state index contributed by atoms with van der Waals surface area (Å²) in [7, 11) is 0. The van der Waals surface area contributed by atoms with Crippen LogP contribution in [-0.4, -0.2) is 73.6 Å². The first kappa shape index (κ1) is 26.8. The number of carbonyl (C=O) groups excluding carboxylic acids is 2. The Labute approximate surface area is 197 Å². The van der Waals surface area contributed by atoms with Crippen LogP contribution in [0.3, 0.4) is 0 Å². The summed E-state index contributed by atoms with van der Waals surface area (Å²) in [5.41, 5.74) is 5.83. The van der Waals surface area contributed by atoms with Gasteiger partial charge in [-0.3, -0.25) is 29.3 Å². The number of fused-ring (bicyclic) bond motifs is 1. The molecule has 14 heteroatoms. The number of aliphatic hydroxyl groups is 1. The van der Waals surface area contributed by atoms with Gasteiger partial charge in [0.05, 0.1) is 21.8 Å². The van der Waals surface area contributed by atoms with Gasteiger partial charge in [0.2, 0.25) is 11.8 Å². The third-order valence-electron chi connectivity index (χ3n) is 4.92. The highest BCUT2D eigenvalue weighted by molar-refractivity contribution is 8.00. The fourth-order valence-corrected chi connectivity index (χ4v) is 4.31. The summed E-state index contributed by atoms with van der Waals surface area (Å²) >= 11 is 1.08. The molecule has 0 saturated carbocycles. The fourth-order valence-electron chi connectivity index (χ4n) is 3.14. The zero-order valence-corrected chi connectivity index (χ0v) is 18.6. The Kier molecular flexibility index (Phi) is 9.53. The van der Waals surface area contributed by atoms with Crippen molar-refractivity contribution in [2.24, 2.45) is 5.73 Å². The van der Waals surface area contributed by atoms with Crippen LogP contribution in [0.5, 0.6) is 0 Å². The number of amides is 2. The number of benzene rings is 1. The van der Waals surface area contributed by atoms with E-state index in [4.69, 9.17) is 15.9 Å². The molecule has 0 aromatic heterocycles. The molecule has 0 spiro atoms. The topological polar surface area (TPSA) is 222 Å². The number of thioether (sulfide) groups is 1. The number of nitrogens with zero attached hydrogens (tertiary/aromatic N) is 1. The molecule has 4 atom stereocenters. The molecule has 1 aliphatic rings. The van der Waals surface area contributed by atoms with E-state index in [1.165, 1.54) is 18.2 Å². The molecule has 0 fully saturated rings. The third-order valence-corrected chi connectivity index (χ3v) is 6.24. The van der Waals surface area contributed by atoms with E-state index in [0.29, 0.717) is 5.56 Å². The number of rotatable bonds is 12. The van der Waals surface area contributed by atoms with E-state index < -0.39 is 58.7 Å². The first-order chi connectivity index (χ1) is 16.0. The highest BCUT2D eigenvalue weighted by Gasteiger charge is 2.31. The SMILES string of the molecule is N[C@@H](CCC(=O)N[C@@H](CSC1C=Cc2c(cccc2[N+](=O)[O-])C1O)C(=O)NCC(=O)O)C(=O)O. The van der Waals surface area contributed by atoms with Crippen LogP contribution in [-0.2, 0) is 19.2 Å². The summed E-state index contributed by atoms with van der Waals surface area (Å²) in [4.78, 5) is 56.9. The molecule has 0 bridgehead atoms. The van der Waals surface area contributed by atoms with Gasteiger partial charge in [-0.25, -0.2) is 0 Å². The van der Waals surface area contributed by atoms with Gasteiger partial charge in [-0.05, 0) is 12.0 Å². The molecular formula is C20H24N4O9S. The van der Waals surface area contributed by atoms with Crippen molar-refractivity contribution in [3.05, 3.63) is 45.5 Å². The van der Waals surface area contributed by atoms with Crippen LogP contribution < -0.4 is 16.4 Å². The Hall–Kier alpha value is -3.49. The number of nitro groups is 1. The van der Waals surface area contributed by atoms with Gasteiger partial charge < -0.3 is 31.7 Å². The standard InChI is InChI=1S/C20H24N4O9S/c21-12(20(30)31)5-7-16(25)23-13(19(29)22-8-17(26)27)9-34-15-6-4-10-11(18(15)28)2-1-3-14(10)24(32)33/h1-4,6,12-13,15,18,28H,5,7-9,21H2,(H,22,29)(H,23,25)(H,26,27)(H,30,31)/t12-,13-,15?,18?/m0/s1. The zero-order valence-electron chi connectivity index (χ0n) is 17.7. The highest BCUT2D eigenvalue weighted by Crippen LogP contribution is 2.38. The molecular weight excluding hydrogens is 472 g/mol. The predicted molar refractivity (Wildman–Crippen MR) is 121 cm³/mol. The highest BCUT2D eigenvalue weighted by atomic mass is 32.2. The lowest BCUT2D eigenvalue weighted by Crippen LogP contribution is -2.49. The second-order valence-corrected chi connectivity index (χ2v) is 8.57. The molecule has 2 amide bonds. The summed E-state index contributed by atoms with van der Waals surface area (Å²) in [5.74, 6) is -4.08. The normalized spacial score (nSPS) is 18.3. The maximum Gasteiger partial charge on any atom is 0.322 e. The molecule has 1 aliphatic carbocycles. The van der Waals surface area contributed by atoms with Crippen molar-refractivity contribution in [3.8, 4) is 0 Å². The Bertz CT molecular complexity index is 1000. The minimum Gasteiger partial charge on any atom is -0.480 e. The van der Waals surface area contributed by atoms with E-state index in [9.17, 15) is 34.4 Å². The van der Waals surface area contributed by atoms with E-state index in [2.05, 4.69) is 10.6 Å². The van der Waals surface area contributed by atoms with Crippen LogP contribution in [0.15, 0.2) is 24.3 Å². The first-order valence-corrected chi connectivity index (χ1v) is 11.1. The van der Waals surface area contributed by atoms with Gasteiger partial charge in [-0.15, -0.1) is 11.8 Å². The second kappa shape index (κ2) is 12.1. The number of aliphatic carboxylic acids is 2. The van der Waals surface area contributed by atoms with Gasteiger partial charge in [-0.1, -0.05) is 24.3 Å². The van der Waals surface area contributed by atoms with E-state index in [1.807, 2.05) is 0 Å². The maximum absolute atomic E-state index is 12.4. The number of aliphatic hydroxyl groups excluding tert-OH is 1. The van der Waals surface area contributed by atoms with E-state index in [-0.39, 0.29) is 29.8 Å². The number of nitrogens with two attached hydrogens (primary N) is 1. The van der Waals surface area contributed by atoms with Crippen molar-refractivity contribution in [1.29, 1.82) is 0 Å². The molecule has 184 valence electrons. The van der Waals surface area contributed by atoms with Crippen molar-refractivity contribution in [3.63, 3.8) is 0 Å². The summed E-state index contributed by atoms with van der Waals surface area (Å²) in [6, 6.07) is 1.87. The summed E-state index contributed by atoms with van der Waals surface area (Å²) in [5, 5.41) is 43.5. The predicted octanol–water partition coefficient (Wildman–Crippen LogP) is -0.365. The van der Waals surface area contributed by atoms with Crippen molar-refractivity contribution in [2.75, 3.05) is 12.3 Å². The van der Waals surface area contributed by atoms with Gasteiger partial charge >= 0.3 is 11.9 Å². The lowest BCUT2D eigenvalue weighted by Gasteiger charge is -2.27. The van der Waals surface area contributed by atoms with Crippen LogP contribution in [0.2, 0.25) is 0 Å². The third kappa shape index (κ3) is 7.26. The Balaban J connectivity index is 2.08. The summed E-state index contributed by atoms with van der Waals surface area (Å²) in [6.45, 7) is -0.678. The van der Waals surface area contributed by atoms with Crippen molar-refractivity contribution < 1.29 is 39.4 Å². The van der Waals surface area contributed by atoms with Crippen molar-refractivity contribution >= 4 is 47.3 Å². The number of nitrogens with one attached hydrogen (secondary N) is 2. The minimum atomic E-state index is -1.29. The van der Waals surface area contributed by atoms with Gasteiger partial charge in [-0.2, -0.15) is 0 Å². The molecule has 0 aliphatic heterocycles. The van der Waals surface area contributed by atoms with Crippen LogP contribution in [0.1, 0.15) is 30.1 Å². The maximum atomic E-state index is 12.4. The molecule has 1 aromatic carbocycles. The smallest absolute Gasteiger partial charge is 0.322 e. The summed E-state index contributed by atoms with van der Waals surface area (Å²) in [6.07, 6.45) is 1.48. The number of nitro benzene ring substituents is 1. The lowest BCUT2D eigenvalue weighted by atomic mass is 9.93. The summed E-state index contributed by atoms with van der Waals surface area (Å²) < 4.78 is 0. The molecule has 0 radical (unpaired) electrons.